The van der Waals surface area contributed by atoms with Crippen LogP contribution in [0.3, 0.4) is 0 Å². The molecule has 0 unspecified atom stereocenters. The summed E-state index contributed by atoms with van der Waals surface area (Å²) in [6.07, 6.45) is 4.50. The molecule has 1 aromatic heterocycles. The monoisotopic (exact) mass is 300 g/mol. The Balaban J connectivity index is 1.98. The molecule has 112 valence electrons. The minimum atomic E-state index is -3.57. The molecule has 0 bridgehead atoms. The maximum Gasteiger partial charge on any atom is 0.257 e. The van der Waals surface area contributed by atoms with Crippen LogP contribution in [0.2, 0.25) is 0 Å². The molecular weight excluding hydrogens is 280 g/mol. The van der Waals surface area contributed by atoms with Gasteiger partial charge >= 0.3 is 0 Å². The van der Waals surface area contributed by atoms with Crippen molar-refractivity contribution in [2.24, 2.45) is 11.7 Å². The van der Waals surface area contributed by atoms with Gasteiger partial charge < -0.3 is 10.7 Å². The molecule has 1 aliphatic carbocycles. The summed E-state index contributed by atoms with van der Waals surface area (Å²) in [5.41, 5.74) is 5.26. The van der Waals surface area contributed by atoms with E-state index in [9.17, 15) is 13.2 Å². The first-order chi connectivity index (χ1) is 9.42. The van der Waals surface area contributed by atoms with Crippen molar-refractivity contribution in [3.8, 4) is 0 Å². The van der Waals surface area contributed by atoms with Crippen LogP contribution in [0, 0.1) is 5.92 Å². The maximum absolute atomic E-state index is 12.2. The number of imidazole rings is 1. The number of nitrogens with one attached hydrogen (secondary N) is 2. The highest BCUT2D eigenvalue weighted by Crippen LogP contribution is 2.25. The van der Waals surface area contributed by atoms with Crippen molar-refractivity contribution in [3.63, 3.8) is 0 Å². The van der Waals surface area contributed by atoms with Crippen molar-refractivity contribution in [1.82, 2.24) is 14.7 Å². The number of nitrogens with zero attached hydrogens (tertiary/aromatic N) is 1. The first-order valence-electron chi connectivity index (χ1n) is 6.78. The fraction of sp³-hybridized carbons (Fsp3) is 0.667. The number of sulfonamides is 1. The summed E-state index contributed by atoms with van der Waals surface area (Å²) in [7, 11) is -3.57. The third-order valence-electron chi connectivity index (χ3n) is 3.68. The number of amides is 1. The Morgan fingerprint density at radius 2 is 2.10 bits per heavy atom. The van der Waals surface area contributed by atoms with E-state index in [-0.39, 0.29) is 22.9 Å². The van der Waals surface area contributed by atoms with Gasteiger partial charge in [-0.2, -0.15) is 0 Å². The molecule has 20 heavy (non-hydrogen) atoms. The second kappa shape index (κ2) is 5.92. The van der Waals surface area contributed by atoms with E-state index in [0.29, 0.717) is 37.9 Å². The molecule has 0 saturated heterocycles. The number of rotatable bonds is 5. The van der Waals surface area contributed by atoms with Gasteiger partial charge in [0.25, 0.3) is 10.0 Å². The number of carbonyl (C=O) groups is 1. The highest BCUT2D eigenvalue weighted by Gasteiger charge is 2.28. The normalized spacial score (nSPS) is 23.6. The Morgan fingerprint density at radius 1 is 1.45 bits per heavy atom. The van der Waals surface area contributed by atoms with E-state index in [4.69, 9.17) is 5.73 Å². The Labute approximate surface area is 118 Å². The molecule has 1 aromatic rings. The van der Waals surface area contributed by atoms with Crippen LogP contribution in [0.5, 0.6) is 0 Å². The fourth-order valence-electron chi connectivity index (χ4n) is 2.44. The number of aromatic amines is 1. The van der Waals surface area contributed by atoms with Crippen LogP contribution in [-0.4, -0.2) is 30.3 Å². The number of hydrogen-bond acceptors (Lipinski definition) is 4. The third-order valence-corrected chi connectivity index (χ3v) is 5.11. The molecule has 1 heterocycles. The van der Waals surface area contributed by atoms with Crippen LogP contribution >= 0.6 is 0 Å². The lowest BCUT2D eigenvalue weighted by molar-refractivity contribution is -0.122. The zero-order valence-electron chi connectivity index (χ0n) is 11.4. The van der Waals surface area contributed by atoms with Crippen LogP contribution in [0.15, 0.2) is 11.2 Å². The number of carbonyl (C=O) groups excluding carboxylic acids is 1. The summed E-state index contributed by atoms with van der Waals surface area (Å²) >= 11 is 0. The van der Waals surface area contributed by atoms with Crippen LogP contribution in [0.4, 0.5) is 0 Å². The third kappa shape index (κ3) is 3.37. The summed E-state index contributed by atoms with van der Waals surface area (Å²) < 4.78 is 27.0. The molecule has 0 spiro atoms. The minimum Gasteiger partial charge on any atom is -0.369 e. The zero-order chi connectivity index (χ0) is 14.8. The van der Waals surface area contributed by atoms with Gasteiger partial charge in [-0.05, 0) is 25.7 Å². The van der Waals surface area contributed by atoms with Gasteiger partial charge in [-0.3, -0.25) is 4.79 Å². The summed E-state index contributed by atoms with van der Waals surface area (Å²) in [6, 6.07) is -0.149. The van der Waals surface area contributed by atoms with Crippen molar-refractivity contribution in [3.05, 3.63) is 12.0 Å². The molecule has 4 N–H and O–H groups in total. The molecule has 0 aliphatic heterocycles. The highest BCUT2D eigenvalue weighted by atomic mass is 32.2. The Kier molecular flexibility index (Phi) is 4.44. The van der Waals surface area contributed by atoms with E-state index in [1.807, 2.05) is 6.92 Å². The summed E-state index contributed by atoms with van der Waals surface area (Å²) in [4.78, 5) is 17.9. The Bertz CT molecular complexity index is 573. The number of aryl methyl sites for hydroxylation is 1. The zero-order valence-corrected chi connectivity index (χ0v) is 12.2. The van der Waals surface area contributed by atoms with Crippen molar-refractivity contribution >= 4 is 15.9 Å². The SMILES string of the molecule is CCc1ncc(S(=O)(=O)NC2CCC(C(N)=O)CC2)[nH]1. The molecule has 1 amide bonds. The van der Waals surface area contributed by atoms with Crippen molar-refractivity contribution < 1.29 is 13.2 Å². The average Bonchev–Trinajstić information content (AvgIpc) is 2.88. The van der Waals surface area contributed by atoms with E-state index >= 15 is 0 Å². The lowest BCUT2D eigenvalue weighted by Gasteiger charge is -2.26. The average molecular weight is 300 g/mol. The predicted octanol–water partition coefficient (Wildman–Crippen LogP) is 0.295. The van der Waals surface area contributed by atoms with Gasteiger partial charge in [0.2, 0.25) is 5.91 Å². The Morgan fingerprint density at radius 3 is 2.60 bits per heavy atom. The first kappa shape index (κ1) is 15.0. The van der Waals surface area contributed by atoms with Crippen LogP contribution in [0.25, 0.3) is 0 Å². The molecule has 2 rings (SSSR count). The van der Waals surface area contributed by atoms with Gasteiger partial charge in [-0.25, -0.2) is 18.1 Å². The fourth-order valence-corrected chi connectivity index (χ4v) is 3.68. The second-order valence-corrected chi connectivity index (χ2v) is 6.80. The van der Waals surface area contributed by atoms with Crippen LogP contribution in [-0.2, 0) is 21.2 Å². The molecule has 0 radical (unpaired) electrons. The lowest BCUT2D eigenvalue weighted by Crippen LogP contribution is -2.39. The van der Waals surface area contributed by atoms with E-state index in [1.165, 1.54) is 6.20 Å². The van der Waals surface area contributed by atoms with Crippen LogP contribution in [0.1, 0.15) is 38.4 Å². The number of aromatic nitrogens is 2. The quantitative estimate of drug-likeness (QED) is 0.724. The molecule has 1 aliphatic rings. The van der Waals surface area contributed by atoms with Gasteiger partial charge in [0, 0.05) is 18.4 Å². The molecular formula is C12H20N4O3S. The van der Waals surface area contributed by atoms with E-state index in [2.05, 4.69) is 14.7 Å². The van der Waals surface area contributed by atoms with Crippen LogP contribution < -0.4 is 10.5 Å². The van der Waals surface area contributed by atoms with E-state index in [1.54, 1.807) is 0 Å². The molecule has 1 fully saturated rings. The summed E-state index contributed by atoms with van der Waals surface area (Å²) in [5, 5.41) is 0.0892. The van der Waals surface area contributed by atoms with Gasteiger partial charge in [-0.1, -0.05) is 6.92 Å². The molecule has 8 heteroatoms. The topological polar surface area (TPSA) is 118 Å². The standard InChI is InChI=1S/C12H20N4O3S/c1-2-10-14-7-11(15-10)20(18,19)16-9-5-3-8(4-6-9)12(13)17/h7-9,16H,2-6H2,1H3,(H2,13,17)(H,14,15). The number of nitrogens with two attached hydrogens (primary N) is 1. The van der Waals surface area contributed by atoms with Crippen molar-refractivity contribution in [1.29, 1.82) is 0 Å². The van der Waals surface area contributed by atoms with E-state index in [0.717, 1.165) is 0 Å². The molecule has 0 aromatic carbocycles. The molecule has 0 atom stereocenters. The van der Waals surface area contributed by atoms with Gasteiger partial charge in [0.1, 0.15) is 5.82 Å². The number of H-pyrrole nitrogens is 1. The maximum atomic E-state index is 12.2. The van der Waals surface area contributed by atoms with E-state index < -0.39 is 10.0 Å². The Hall–Kier alpha value is -1.41. The largest absolute Gasteiger partial charge is 0.369 e. The lowest BCUT2D eigenvalue weighted by atomic mass is 9.86. The summed E-state index contributed by atoms with van der Waals surface area (Å²) in [6.45, 7) is 1.90. The number of hydrogen-bond donors (Lipinski definition) is 3. The molecule has 7 nitrogen and oxygen atoms in total. The van der Waals surface area contributed by atoms with Gasteiger partial charge in [0.15, 0.2) is 5.03 Å². The first-order valence-corrected chi connectivity index (χ1v) is 8.26. The van der Waals surface area contributed by atoms with Gasteiger partial charge in [0.05, 0.1) is 6.20 Å². The minimum absolute atomic E-state index is 0.0892. The number of primary amides is 1. The predicted molar refractivity (Wildman–Crippen MR) is 73.2 cm³/mol. The second-order valence-electron chi connectivity index (χ2n) is 5.12. The van der Waals surface area contributed by atoms with Crippen molar-refractivity contribution in [2.45, 2.75) is 50.1 Å². The molecule has 1 saturated carbocycles. The van der Waals surface area contributed by atoms with Crippen molar-refractivity contribution in [2.75, 3.05) is 0 Å². The highest BCUT2D eigenvalue weighted by molar-refractivity contribution is 7.89. The smallest absolute Gasteiger partial charge is 0.257 e. The summed E-state index contributed by atoms with van der Waals surface area (Å²) in [5.74, 6) is 0.213. The van der Waals surface area contributed by atoms with Gasteiger partial charge in [-0.15, -0.1) is 0 Å².